The second-order valence-electron chi connectivity index (χ2n) is 5.62. The number of carbonyl (C=O) groups excluding carboxylic acids is 2. The van der Waals surface area contributed by atoms with Gasteiger partial charge in [-0.2, -0.15) is 0 Å². The van der Waals surface area contributed by atoms with Crippen molar-refractivity contribution in [1.82, 2.24) is 0 Å². The molecule has 7 nitrogen and oxygen atoms in total. The SMILES string of the molecule is N[C@@H](Cc1cccc(O)c1O)C(=O)OCCCOC(=O)c1ccccc1. The van der Waals surface area contributed by atoms with Crippen molar-refractivity contribution in [1.29, 1.82) is 0 Å². The average molecular weight is 359 g/mol. The van der Waals surface area contributed by atoms with E-state index in [1.54, 1.807) is 42.5 Å². The van der Waals surface area contributed by atoms with Crippen LogP contribution in [-0.4, -0.2) is 41.4 Å². The molecule has 26 heavy (non-hydrogen) atoms. The van der Waals surface area contributed by atoms with E-state index in [-0.39, 0.29) is 31.1 Å². The van der Waals surface area contributed by atoms with Gasteiger partial charge >= 0.3 is 11.9 Å². The molecule has 4 N–H and O–H groups in total. The van der Waals surface area contributed by atoms with Crippen molar-refractivity contribution in [2.45, 2.75) is 18.9 Å². The Morgan fingerprint density at radius 1 is 0.962 bits per heavy atom. The van der Waals surface area contributed by atoms with Crippen LogP contribution in [0.25, 0.3) is 0 Å². The Bertz CT molecular complexity index is 747. The number of hydrogen-bond donors (Lipinski definition) is 3. The molecule has 0 saturated heterocycles. The Morgan fingerprint density at radius 3 is 2.38 bits per heavy atom. The molecule has 0 amide bonds. The maximum absolute atomic E-state index is 11.9. The molecular weight excluding hydrogens is 338 g/mol. The zero-order chi connectivity index (χ0) is 18.9. The topological polar surface area (TPSA) is 119 Å². The average Bonchev–Trinajstić information content (AvgIpc) is 2.65. The molecule has 1 atom stereocenters. The number of esters is 2. The van der Waals surface area contributed by atoms with Gasteiger partial charge in [-0.3, -0.25) is 4.79 Å². The van der Waals surface area contributed by atoms with Gasteiger partial charge < -0.3 is 25.4 Å². The lowest BCUT2D eigenvalue weighted by molar-refractivity contribution is -0.145. The number of phenols is 2. The van der Waals surface area contributed by atoms with Crippen molar-refractivity contribution in [3.05, 3.63) is 59.7 Å². The highest BCUT2D eigenvalue weighted by molar-refractivity contribution is 5.89. The highest BCUT2D eigenvalue weighted by atomic mass is 16.5. The Morgan fingerprint density at radius 2 is 1.65 bits per heavy atom. The van der Waals surface area contributed by atoms with Crippen LogP contribution in [0.4, 0.5) is 0 Å². The number of hydrogen-bond acceptors (Lipinski definition) is 7. The molecule has 7 heteroatoms. The second kappa shape index (κ2) is 9.43. The Balaban J connectivity index is 1.68. The van der Waals surface area contributed by atoms with Crippen LogP contribution in [0.15, 0.2) is 48.5 Å². The molecule has 0 heterocycles. The van der Waals surface area contributed by atoms with E-state index >= 15 is 0 Å². The molecule has 2 aromatic carbocycles. The van der Waals surface area contributed by atoms with Gasteiger partial charge in [0.05, 0.1) is 18.8 Å². The Hall–Kier alpha value is -3.06. The van der Waals surface area contributed by atoms with Crippen LogP contribution in [0.2, 0.25) is 0 Å². The van der Waals surface area contributed by atoms with Gasteiger partial charge in [0.15, 0.2) is 11.5 Å². The molecule has 0 saturated carbocycles. The van der Waals surface area contributed by atoms with Crippen LogP contribution in [-0.2, 0) is 20.7 Å². The van der Waals surface area contributed by atoms with Gasteiger partial charge in [-0.25, -0.2) is 4.79 Å². The summed E-state index contributed by atoms with van der Waals surface area (Å²) in [4.78, 5) is 23.6. The van der Waals surface area contributed by atoms with E-state index in [9.17, 15) is 19.8 Å². The first-order valence-corrected chi connectivity index (χ1v) is 8.13. The van der Waals surface area contributed by atoms with Crippen molar-refractivity contribution in [3.8, 4) is 11.5 Å². The van der Waals surface area contributed by atoms with E-state index in [4.69, 9.17) is 15.2 Å². The summed E-state index contributed by atoms with van der Waals surface area (Å²) in [7, 11) is 0. The number of rotatable bonds is 8. The summed E-state index contributed by atoms with van der Waals surface area (Å²) in [6.45, 7) is 0.171. The van der Waals surface area contributed by atoms with Crippen molar-refractivity contribution >= 4 is 11.9 Å². The van der Waals surface area contributed by atoms with Gasteiger partial charge in [-0.05, 0) is 23.8 Å². The van der Waals surface area contributed by atoms with Crippen molar-refractivity contribution in [2.24, 2.45) is 5.73 Å². The van der Waals surface area contributed by atoms with E-state index in [1.807, 2.05) is 0 Å². The molecule has 0 unspecified atom stereocenters. The summed E-state index contributed by atoms with van der Waals surface area (Å²) in [5, 5.41) is 19.1. The molecule has 0 bridgehead atoms. The number of ether oxygens (including phenoxy) is 2. The lowest BCUT2D eigenvalue weighted by Gasteiger charge is -2.13. The maximum atomic E-state index is 11.9. The van der Waals surface area contributed by atoms with Crippen LogP contribution < -0.4 is 5.73 Å². The number of aromatic hydroxyl groups is 2. The maximum Gasteiger partial charge on any atom is 0.338 e. The molecule has 0 aromatic heterocycles. The van der Waals surface area contributed by atoms with Crippen molar-refractivity contribution in [2.75, 3.05) is 13.2 Å². The first-order valence-electron chi connectivity index (χ1n) is 8.13. The molecule has 2 aromatic rings. The lowest BCUT2D eigenvalue weighted by Crippen LogP contribution is -2.34. The van der Waals surface area contributed by atoms with Crippen LogP contribution in [0.5, 0.6) is 11.5 Å². The van der Waals surface area contributed by atoms with Gasteiger partial charge in [-0.1, -0.05) is 30.3 Å². The van der Waals surface area contributed by atoms with Crippen LogP contribution in [0.1, 0.15) is 22.3 Å². The van der Waals surface area contributed by atoms with Gasteiger partial charge in [0.2, 0.25) is 0 Å². The third kappa shape index (κ3) is 5.49. The highest BCUT2D eigenvalue weighted by Crippen LogP contribution is 2.28. The fourth-order valence-electron chi connectivity index (χ4n) is 2.22. The predicted molar refractivity (Wildman–Crippen MR) is 93.8 cm³/mol. The normalized spacial score (nSPS) is 11.6. The van der Waals surface area contributed by atoms with Crippen molar-refractivity contribution < 1.29 is 29.3 Å². The molecule has 0 fully saturated rings. The molecule has 0 radical (unpaired) electrons. The minimum atomic E-state index is -0.977. The van der Waals surface area contributed by atoms with Crippen molar-refractivity contribution in [3.63, 3.8) is 0 Å². The third-order valence-corrected chi connectivity index (χ3v) is 3.62. The first-order chi connectivity index (χ1) is 12.5. The molecule has 0 spiro atoms. The third-order valence-electron chi connectivity index (χ3n) is 3.62. The highest BCUT2D eigenvalue weighted by Gasteiger charge is 2.18. The minimum Gasteiger partial charge on any atom is -0.504 e. The number of carbonyl (C=O) groups is 2. The summed E-state index contributed by atoms with van der Waals surface area (Å²) in [6.07, 6.45) is 0.371. The number of phenolic OH excluding ortho intramolecular Hbond substituents is 2. The van der Waals surface area contributed by atoms with E-state index in [0.717, 1.165) is 0 Å². The largest absolute Gasteiger partial charge is 0.504 e. The quantitative estimate of drug-likeness (QED) is 0.373. The lowest BCUT2D eigenvalue weighted by atomic mass is 10.1. The van der Waals surface area contributed by atoms with E-state index < -0.39 is 18.0 Å². The molecule has 2 rings (SSSR count). The smallest absolute Gasteiger partial charge is 0.338 e. The van der Waals surface area contributed by atoms with Gasteiger partial charge in [0.1, 0.15) is 6.04 Å². The van der Waals surface area contributed by atoms with E-state index in [1.165, 1.54) is 6.07 Å². The number of para-hydroxylation sites is 1. The standard InChI is InChI=1S/C19H21NO6/c20-15(12-14-8-4-9-16(21)17(14)22)19(24)26-11-5-10-25-18(23)13-6-2-1-3-7-13/h1-4,6-9,15,21-22H,5,10-12,20H2/t15-/m0/s1. The fraction of sp³-hybridized carbons (Fsp3) is 0.263. The molecule has 138 valence electrons. The number of nitrogens with two attached hydrogens (primary N) is 1. The van der Waals surface area contributed by atoms with Gasteiger partial charge in [0.25, 0.3) is 0 Å². The van der Waals surface area contributed by atoms with Crippen LogP contribution >= 0.6 is 0 Å². The zero-order valence-electron chi connectivity index (χ0n) is 14.1. The Labute approximate surface area is 151 Å². The first kappa shape index (κ1) is 19.3. The van der Waals surface area contributed by atoms with Crippen LogP contribution in [0.3, 0.4) is 0 Å². The molecular formula is C19H21NO6. The molecule has 0 aliphatic rings. The predicted octanol–water partition coefficient (Wildman–Crippen LogP) is 1.76. The van der Waals surface area contributed by atoms with E-state index in [0.29, 0.717) is 17.5 Å². The monoisotopic (exact) mass is 359 g/mol. The molecule has 0 aliphatic heterocycles. The zero-order valence-corrected chi connectivity index (χ0v) is 14.1. The molecule has 0 aliphatic carbocycles. The van der Waals surface area contributed by atoms with E-state index in [2.05, 4.69) is 0 Å². The summed E-state index contributed by atoms with van der Waals surface area (Å²) in [5.41, 5.74) is 6.56. The summed E-state index contributed by atoms with van der Waals surface area (Å²) in [5.74, 6) is -1.65. The van der Waals surface area contributed by atoms with Gasteiger partial charge in [0, 0.05) is 12.8 Å². The summed E-state index contributed by atoms with van der Waals surface area (Å²) < 4.78 is 10.1. The minimum absolute atomic E-state index is 0.0298. The van der Waals surface area contributed by atoms with Gasteiger partial charge in [-0.15, -0.1) is 0 Å². The number of benzene rings is 2. The van der Waals surface area contributed by atoms with Crippen LogP contribution in [0, 0.1) is 0 Å². The summed E-state index contributed by atoms with van der Waals surface area (Å²) in [6, 6.07) is 12.0. The Kier molecular flexibility index (Phi) is 6.99. The fourth-order valence-corrected chi connectivity index (χ4v) is 2.22. The summed E-state index contributed by atoms with van der Waals surface area (Å²) >= 11 is 0. The second-order valence-corrected chi connectivity index (χ2v) is 5.62.